The van der Waals surface area contributed by atoms with Crippen molar-refractivity contribution in [2.24, 2.45) is 0 Å². The van der Waals surface area contributed by atoms with Crippen LogP contribution in [0.25, 0.3) is 10.2 Å². The van der Waals surface area contributed by atoms with Gasteiger partial charge in [0, 0.05) is 25.3 Å². The molecule has 1 aromatic heterocycles. The van der Waals surface area contributed by atoms with Crippen LogP contribution in [0.15, 0.2) is 53.4 Å². The molecule has 5 rings (SSSR count). The smallest absolute Gasteiger partial charge is 0.260 e. The summed E-state index contributed by atoms with van der Waals surface area (Å²) in [6, 6.07) is 14.0. The fourth-order valence-corrected chi connectivity index (χ4v) is 6.52. The summed E-state index contributed by atoms with van der Waals surface area (Å²) in [6.07, 6.45) is 1.76. The first-order chi connectivity index (χ1) is 16.0. The fourth-order valence-electron chi connectivity index (χ4n) is 4.10. The second-order valence-corrected chi connectivity index (χ2v) is 11.0. The second-order valence-electron chi connectivity index (χ2n) is 8.06. The molecule has 2 aromatic carbocycles. The lowest BCUT2D eigenvalue weighted by molar-refractivity contribution is 0.0730. The Morgan fingerprint density at radius 1 is 1.12 bits per heavy atom. The number of morpholine rings is 1. The van der Waals surface area contributed by atoms with Crippen LogP contribution in [0.5, 0.6) is 0 Å². The van der Waals surface area contributed by atoms with Gasteiger partial charge in [0.15, 0.2) is 5.13 Å². The maximum Gasteiger partial charge on any atom is 0.260 e. The number of nitrogens with zero attached hydrogens (tertiary/aromatic N) is 3. The van der Waals surface area contributed by atoms with Gasteiger partial charge in [-0.1, -0.05) is 29.5 Å². The van der Waals surface area contributed by atoms with Gasteiger partial charge in [-0.3, -0.25) is 9.69 Å². The van der Waals surface area contributed by atoms with E-state index in [1.165, 1.54) is 27.8 Å². The molecular weight excluding hydrogens is 462 g/mol. The van der Waals surface area contributed by atoms with Crippen LogP contribution in [0.2, 0.25) is 0 Å². The van der Waals surface area contributed by atoms with Crippen molar-refractivity contribution in [2.75, 3.05) is 44.4 Å². The summed E-state index contributed by atoms with van der Waals surface area (Å²) in [4.78, 5) is 20.1. The predicted octanol–water partition coefficient (Wildman–Crippen LogP) is 3.14. The molecule has 0 bridgehead atoms. The number of thiazole rings is 1. The van der Waals surface area contributed by atoms with Gasteiger partial charge >= 0.3 is 0 Å². The first-order valence-electron chi connectivity index (χ1n) is 11.0. The van der Waals surface area contributed by atoms with E-state index in [9.17, 15) is 13.2 Å². The second kappa shape index (κ2) is 9.47. The Morgan fingerprint density at radius 2 is 1.94 bits per heavy atom. The maximum absolute atomic E-state index is 13.7. The number of hydrogen-bond acceptors (Lipinski definition) is 7. The third kappa shape index (κ3) is 4.67. The molecular formula is C23H25N3O5S2. The van der Waals surface area contributed by atoms with E-state index in [4.69, 9.17) is 9.47 Å². The number of anilines is 1. The van der Waals surface area contributed by atoms with Crippen LogP contribution < -0.4 is 4.90 Å². The zero-order valence-corrected chi connectivity index (χ0v) is 19.7. The Kier molecular flexibility index (Phi) is 6.44. The number of benzene rings is 2. The SMILES string of the molecule is O=C(c1cccc(S(=O)(=O)N2CCOCC2)c1)N(CC1CCCO1)c1nc2ccccc2s1. The van der Waals surface area contributed by atoms with E-state index in [0.29, 0.717) is 50.1 Å². The zero-order chi connectivity index (χ0) is 22.8. The van der Waals surface area contributed by atoms with Crippen LogP contribution in [0.1, 0.15) is 23.2 Å². The van der Waals surface area contributed by atoms with Gasteiger partial charge in [0.05, 0.1) is 41.0 Å². The Balaban J connectivity index is 1.48. The third-order valence-corrected chi connectivity index (χ3v) is 8.81. The molecule has 2 aliphatic rings. The summed E-state index contributed by atoms with van der Waals surface area (Å²) in [5.74, 6) is -0.288. The number of rotatable bonds is 6. The van der Waals surface area contributed by atoms with Gasteiger partial charge in [-0.15, -0.1) is 0 Å². The van der Waals surface area contributed by atoms with E-state index in [1.807, 2.05) is 24.3 Å². The number of amides is 1. The van der Waals surface area contributed by atoms with E-state index in [1.54, 1.807) is 17.0 Å². The molecule has 2 saturated heterocycles. The monoisotopic (exact) mass is 487 g/mol. The van der Waals surface area contributed by atoms with Gasteiger partial charge in [0.1, 0.15) is 0 Å². The van der Waals surface area contributed by atoms with Gasteiger partial charge in [-0.2, -0.15) is 4.31 Å². The maximum atomic E-state index is 13.7. The number of carbonyl (C=O) groups is 1. The summed E-state index contributed by atoms with van der Waals surface area (Å²) < 4.78 is 39.7. The molecule has 0 saturated carbocycles. The number of fused-ring (bicyclic) bond motifs is 1. The van der Waals surface area contributed by atoms with Crippen LogP contribution in [-0.4, -0.2) is 69.2 Å². The topological polar surface area (TPSA) is 89.0 Å². The van der Waals surface area contributed by atoms with Crippen LogP contribution in [0.4, 0.5) is 5.13 Å². The van der Waals surface area contributed by atoms with E-state index in [2.05, 4.69) is 4.98 Å². The molecule has 8 nitrogen and oxygen atoms in total. The number of sulfonamides is 1. The summed E-state index contributed by atoms with van der Waals surface area (Å²) in [6.45, 7) is 2.39. The molecule has 0 N–H and O–H groups in total. The first kappa shape index (κ1) is 22.4. The Hall–Kier alpha value is -2.37. The molecule has 1 amide bonds. The van der Waals surface area contributed by atoms with Crippen LogP contribution >= 0.6 is 11.3 Å². The van der Waals surface area contributed by atoms with Gasteiger partial charge in [0.2, 0.25) is 10.0 Å². The number of aromatic nitrogens is 1. The Bertz CT molecular complexity index is 1210. The average Bonchev–Trinajstić information content (AvgIpc) is 3.52. The minimum atomic E-state index is -3.71. The van der Waals surface area contributed by atoms with Crippen molar-refractivity contribution in [1.82, 2.24) is 9.29 Å². The highest BCUT2D eigenvalue weighted by Crippen LogP contribution is 2.31. The third-order valence-electron chi connectivity index (χ3n) is 5.86. The molecule has 0 radical (unpaired) electrons. The molecule has 2 fully saturated rings. The van der Waals surface area contributed by atoms with Gasteiger partial charge < -0.3 is 9.47 Å². The highest BCUT2D eigenvalue weighted by atomic mass is 32.2. The average molecular weight is 488 g/mol. The van der Waals surface area contributed by atoms with E-state index in [0.717, 1.165) is 23.1 Å². The summed E-state index contributed by atoms with van der Waals surface area (Å²) in [5.41, 5.74) is 1.13. The van der Waals surface area contributed by atoms with E-state index in [-0.39, 0.29) is 16.9 Å². The van der Waals surface area contributed by atoms with Crippen molar-refractivity contribution in [3.8, 4) is 0 Å². The number of hydrogen-bond donors (Lipinski definition) is 0. The lowest BCUT2D eigenvalue weighted by Crippen LogP contribution is -2.41. The fraction of sp³-hybridized carbons (Fsp3) is 0.391. The standard InChI is InChI=1S/C23H25N3O5S2/c27-22(17-5-3-7-19(15-17)33(28,29)25-10-13-30-14-11-25)26(16-18-6-4-12-31-18)23-24-20-8-1-2-9-21(20)32-23/h1-3,5,7-9,15,18H,4,6,10-14,16H2. The Labute approximate surface area is 196 Å². The molecule has 2 aliphatic heterocycles. The van der Waals surface area contributed by atoms with E-state index < -0.39 is 10.0 Å². The van der Waals surface area contributed by atoms with Crippen LogP contribution in [0, 0.1) is 0 Å². The zero-order valence-electron chi connectivity index (χ0n) is 18.1. The molecule has 3 aromatic rings. The molecule has 1 atom stereocenters. The minimum absolute atomic E-state index is 0.0683. The van der Waals surface area contributed by atoms with Crippen molar-refractivity contribution in [3.63, 3.8) is 0 Å². The Morgan fingerprint density at radius 3 is 2.70 bits per heavy atom. The van der Waals surface area contributed by atoms with Crippen molar-refractivity contribution in [2.45, 2.75) is 23.8 Å². The molecule has 1 unspecified atom stereocenters. The van der Waals surface area contributed by atoms with Crippen LogP contribution in [0.3, 0.4) is 0 Å². The van der Waals surface area contributed by atoms with Gasteiger partial charge in [-0.25, -0.2) is 13.4 Å². The van der Waals surface area contributed by atoms with Crippen molar-refractivity contribution >= 4 is 42.6 Å². The number of para-hydroxylation sites is 1. The molecule has 33 heavy (non-hydrogen) atoms. The van der Waals surface area contributed by atoms with Crippen molar-refractivity contribution < 1.29 is 22.7 Å². The summed E-state index contributed by atoms with van der Waals surface area (Å²) in [5, 5.41) is 0.582. The molecule has 3 heterocycles. The van der Waals surface area contributed by atoms with Crippen LogP contribution in [-0.2, 0) is 19.5 Å². The highest BCUT2D eigenvalue weighted by molar-refractivity contribution is 7.89. The minimum Gasteiger partial charge on any atom is -0.379 e. The highest BCUT2D eigenvalue weighted by Gasteiger charge is 2.30. The molecule has 10 heteroatoms. The van der Waals surface area contributed by atoms with E-state index >= 15 is 0 Å². The molecule has 0 aliphatic carbocycles. The summed E-state index contributed by atoms with van der Waals surface area (Å²) in [7, 11) is -3.71. The van der Waals surface area contributed by atoms with Gasteiger partial charge in [-0.05, 0) is 43.2 Å². The lowest BCUT2D eigenvalue weighted by Gasteiger charge is -2.26. The predicted molar refractivity (Wildman–Crippen MR) is 126 cm³/mol. The number of ether oxygens (including phenoxy) is 2. The van der Waals surface area contributed by atoms with Gasteiger partial charge in [0.25, 0.3) is 5.91 Å². The van der Waals surface area contributed by atoms with Crippen molar-refractivity contribution in [1.29, 1.82) is 0 Å². The molecule has 0 spiro atoms. The quantitative estimate of drug-likeness (QED) is 0.531. The normalized spacial score (nSPS) is 19.7. The number of carbonyl (C=O) groups excluding carboxylic acids is 1. The first-order valence-corrected chi connectivity index (χ1v) is 13.2. The van der Waals surface area contributed by atoms with Crippen molar-refractivity contribution in [3.05, 3.63) is 54.1 Å². The largest absolute Gasteiger partial charge is 0.379 e. The summed E-state index contributed by atoms with van der Waals surface area (Å²) >= 11 is 1.44. The molecule has 174 valence electrons. The lowest BCUT2D eigenvalue weighted by atomic mass is 10.2.